The molecule has 5 nitrogen and oxygen atoms in total. The molecule has 0 saturated carbocycles. The Hall–Kier alpha value is -1.75. The lowest BCUT2D eigenvalue weighted by Crippen LogP contribution is -2.39. The Morgan fingerprint density at radius 2 is 1.89 bits per heavy atom. The third-order valence-electron chi connectivity index (χ3n) is 2.65. The summed E-state index contributed by atoms with van der Waals surface area (Å²) < 4.78 is 4.95. The molecule has 1 aromatic carbocycles. The summed E-state index contributed by atoms with van der Waals surface area (Å²) in [7, 11) is 1.56. The Kier molecular flexibility index (Phi) is 4.97. The van der Waals surface area contributed by atoms with Gasteiger partial charge in [0.15, 0.2) is 0 Å². The molecule has 0 heterocycles. The minimum absolute atomic E-state index is 0.0494. The van der Waals surface area contributed by atoms with Crippen LogP contribution in [0.15, 0.2) is 18.2 Å². The first-order valence-electron chi connectivity index (χ1n) is 5.80. The Morgan fingerprint density at radius 3 is 2.33 bits per heavy atom. The summed E-state index contributed by atoms with van der Waals surface area (Å²) in [6.07, 6.45) is 0. The molecule has 0 aromatic heterocycles. The van der Waals surface area contributed by atoms with Gasteiger partial charge in [-0.2, -0.15) is 0 Å². The third kappa shape index (κ3) is 3.13. The minimum atomic E-state index is -0.405. The number of carbonyl (C=O) groups excluding carboxylic acids is 1. The van der Waals surface area contributed by atoms with Gasteiger partial charge in [-0.1, -0.05) is 6.07 Å². The van der Waals surface area contributed by atoms with Crippen LogP contribution in [0.3, 0.4) is 0 Å². The van der Waals surface area contributed by atoms with Crippen molar-refractivity contribution in [2.24, 2.45) is 0 Å². The van der Waals surface area contributed by atoms with Crippen molar-refractivity contribution in [3.8, 4) is 11.5 Å². The maximum Gasteiger partial charge on any atom is 0.261 e. The molecule has 0 aliphatic carbocycles. The highest BCUT2D eigenvalue weighted by Crippen LogP contribution is 2.28. The highest BCUT2D eigenvalue weighted by atomic mass is 16.5. The van der Waals surface area contributed by atoms with E-state index in [1.54, 1.807) is 7.11 Å². The predicted octanol–water partition coefficient (Wildman–Crippen LogP) is 1.59. The van der Waals surface area contributed by atoms with Gasteiger partial charge in [0.1, 0.15) is 17.1 Å². The van der Waals surface area contributed by atoms with Crippen LogP contribution in [-0.4, -0.2) is 47.3 Å². The molecule has 5 heteroatoms. The predicted molar refractivity (Wildman–Crippen MR) is 67.8 cm³/mol. The van der Waals surface area contributed by atoms with Crippen LogP contribution in [0.2, 0.25) is 0 Å². The van der Waals surface area contributed by atoms with Crippen LogP contribution in [0, 0.1) is 0 Å². The Morgan fingerprint density at radius 1 is 1.33 bits per heavy atom. The van der Waals surface area contributed by atoms with E-state index in [1.807, 2.05) is 13.8 Å². The number of ether oxygens (including phenoxy) is 1. The maximum absolute atomic E-state index is 12.3. The van der Waals surface area contributed by atoms with E-state index in [1.165, 1.54) is 23.1 Å². The Labute approximate surface area is 107 Å². The fourth-order valence-corrected chi connectivity index (χ4v) is 1.67. The maximum atomic E-state index is 12.3. The highest BCUT2D eigenvalue weighted by molar-refractivity contribution is 5.99. The molecule has 0 aliphatic rings. The summed E-state index contributed by atoms with van der Waals surface area (Å²) in [6.45, 7) is 4.54. The van der Waals surface area contributed by atoms with Crippen molar-refractivity contribution >= 4 is 5.91 Å². The summed E-state index contributed by atoms with van der Waals surface area (Å²) in [4.78, 5) is 13.8. The van der Waals surface area contributed by atoms with Crippen molar-refractivity contribution in [3.63, 3.8) is 0 Å². The number of hydrogen-bond donors (Lipinski definition) is 2. The molecule has 18 heavy (non-hydrogen) atoms. The smallest absolute Gasteiger partial charge is 0.261 e. The first-order chi connectivity index (χ1) is 8.49. The van der Waals surface area contributed by atoms with Gasteiger partial charge in [-0.25, -0.2) is 0 Å². The highest BCUT2D eigenvalue weighted by Gasteiger charge is 2.24. The molecule has 0 aliphatic heterocycles. The molecule has 0 atom stereocenters. The normalized spacial score (nSPS) is 10.7. The van der Waals surface area contributed by atoms with Gasteiger partial charge in [-0.05, 0) is 26.0 Å². The van der Waals surface area contributed by atoms with Gasteiger partial charge < -0.3 is 19.8 Å². The van der Waals surface area contributed by atoms with E-state index >= 15 is 0 Å². The average Bonchev–Trinajstić information content (AvgIpc) is 2.28. The third-order valence-corrected chi connectivity index (χ3v) is 2.65. The second kappa shape index (κ2) is 6.26. The van der Waals surface area contributed by atoms with Crippen LogP contribution in [0.1, 0.15) is 24.2 Å². The molecule has 0 spiro atoms. The van der Waals surface area contributed by atoms with Crippen LogP contribution in [0.5, 0.6) is 11.5 Å². The van der Waals surface area contributed by atoms with Crippen molar-refractivity contribution in [1.82, 2.24) is 4.90 Å². The molecule has 0 unspecified atom stereocenters. The quantitative estimate of drug-likeness (QED) is 0.836. The summed E-state index contributed by atoms with van der Waals surface area (Å²) in [5.74, 6) is -0.844. The summed E-state index contributed by atoms with van der Waals surface area (Å²) in [5, 5.41) is 19.4. The number of benzene rings is 1. The summed E-state index contributed by atoms with van der Waals surface area (Å²) in [6, 6.07) is 4.19. The molecule has 100 valence electrons. The van der Waals surface area contributed by atoms with Gasteiger partial charge in [0.05, 0.1) is 6.61 Å². The average molecular weight is 253 g/mol. The number of carbonyl (C=O) groups is 1. The minimum Gasteiger partial charge on any atom is -0.507 e. The molecule has 1 rings (SSSR count). The molecule has 0 saturated heterocycles. The molecular weight excluding hydrogens is 234 g/mol. The zero-order valence-corrected chi connectivity index (χ0v) is 10.9. The van der Waals surface area contributed by atoms with Gasteiger partial charge in [-0.3, -0.25) is 4.79 Å². The fraction of sp³-hybridized carbons (Fsp3) is 0.462. The van der Waals surface area contributed by atoms with E-state index < -0.39 is 5.91 Å². The monoisotopic (exact) mass is 253 g/mol. The van der Waals surface area contributed by atoms with Crippen LogP contribution < -0.4 is 0 Å². The zero-order chi connectivity index (χ0) is 13.7. The van der Waals surface area contributed by atoms with Crippen molar-refractivity contribution < 1.29 is 19.7 Å². The van der Waals surface area contributed by atoms with Crippen molar-refractivity contribution in [1.29, 1.82) is 0 Å². The lowest BCUT2D eigenvalue weighted by molar-refractivity contribution is 0.0629. The number of amides is 1. The molecule has 0 bridgehead atoms. The van der Waals surface area contributed by atoms with Gasteiger partial charge in [0, 0.05) is 19.7 Å². The van der Waals surface area contributed by atoms with Crippen LogP contribution in [-0.2, 0) is 4.74 Å². The second-order valence-corrected chi connectivity index (χ2v) is 4.26. The Bertz CT molecular complexity index is 397. The lowest BCUT2D eigenvalue weighted by atomic mass is 10.1. The fourth-order valence-electron chi connectivity index (χ4n) is 1.67. The van der Waals surface area contributed by atoms with E-state index in [-0.39, 0.29) is 23.1 Å². The van der Waals surface area contributed by atoms with E-state index in [9.17, 15) is 15.0 Å². The number of hydrogen-bond acceptors (Lipinski definition) is 4. The number of aromatic hydroxyl groups is 2. The van der Waals surface area contributed by atoms with Crippen LogP contribution in [0.25, 0.3) is 0 Å². The SMILES string of the molecule is COCCN(C(=O)c1c(O)cccc1O)C(C)C. The molecule has 1 aromatic rings. The Balaban J connectivity index is 3.02. The summed E-state index contributed by atoms with van der Waals surface area (Å²) in [5.41, 5.74) is -0.0673. The number of phenolic OH excluding ortho intramolecular Hbond substituents is 2. The van der Waals surface area contributed by atoms with Crippen LogP contribution >= 0.6 is 0 Å². The van der Waals surface area contributed by atoms with E-state index in [0.29, 0.717) is 13.2 Å². The number of nitrogens with zero attached hydrogens (tertiary/aromatic N) is 1. The molecular formula is C13H19NO4. The van der Waals surface area contributed by atoms with Crippen molar-refractivity contribution in [3.05, 3.63) is 23.8 Å². The first kappa shape index (κ1) is 14.3. The van der Waals surface area contributed by atoms with Gasteiger partial charge in [0.25, 0.3) is 5.91 Å². The number of phenols is 2. The standard InChI is InChI=1S/C13H19NO4/c1-9(2)14(7-8-18-3)13(17)12-10(15)5-4-6-11(12)16/h4-6,9,15-16H,7-8H2,1-3H3. The molecule has 1 amide bonds. The zero-order valence-electron chi connectivity index (χ0n) is 10.9. The molecule has 2 N–H and O–H groups in total. The molecule has 0 radical (unpaired) electrons. The number of rotatable bonds is 5. The largest absolute Gasteiger partial charge is 0.507 e. The number of methoxy groups -OCH3 is 1. The summed E-state index contributed by atoms with van der Waals surface area (Å²) >= 11 is 0. The van der Waals surface area contributed by atoms with E-state index in [2.05, 4.69) is 0 Å². The van der Waals surface area contributed by atoms with Crippen LogP contribution in [0.4, 0.5) is 0 Å². The van der Waals surface area contributed by atoms with Crippen molar-refractivity contribution in [2.45, 2.75) is 19.9 Å². The van der Waals surface area contributed by atoms with Crippen molar-refractivity contribution in [2.75, 3.05) is 20.3 Å². The van der Waals surface area contributed by atoms with Gasteiger partial charge in [0.2, 0.25) is 0 Å². The van der Waals surface area contributed by atoms with E-state index in [4.69, 9.17) is 4.74 Å². The topological polar surface area (TPSA) is 70.0 Å². The second-order valence-electron chi connectivity index (χ2n) is 4.26. The first-order valence-corrected chi connectivity index (χ1v) is 5.80. The van der Waals surface area contributed by atoms with E-state index in [0.717, 1.165) is 0 Å². The van der Waals surface area contributed by atoms with Gasteiger partial charge in [-0.15, -0.1) is 0 Å². The molecule has 0 fully saturated rings. The van der Waals surface area contributed by atoms with Gasteiger partial charge >= 0.3 is 0 Å². The lowest BCUT2D eigenvalue weighted by Gasteiger charge is -2.27.